The molecule has 1 N–H and O–H groups in total. The minimum Gasteiger partial charge on any atom is -0.385 e. The standard InChI is InChI=1S/C11H14N4O/c1-7(2)9-13-10-12-5-8(6-15(10)14-9)11(16)3-4-11/h5-7,16H,3-4H2,1-2H3. The minimum atomic E-state index is -0.662. The van der Waals surface area contributed by atoms with Gasteiger partial charge in [-0.3, -0.25) is 0 Å². The van der Waals surface area contributed by atoms with Crippen LogP contribution in [-0.4, -0.2) is 24.7 Å². The smallest absolute Gasteiger partial charge is 0.252 e. The predicted molar refractivity (Wildman–Crippen MR) is 58.0 cm³/mol. The van der Waals surface area contributed by atoms with Gasteiger partial charge in [-0.1, -0.05) is 13.8 Å². The lowest BCUT2D eigenvalue weighted by atomic mass is 10.2. The summed E-state index contributed by atoms with van der Waals surface area (Å²) in [5, 5.41) is 14.3. The summed E-state index contributed by atoms with van der Waals surface area (Å²) in [7, 11) is 0. The number of hydrogen-bond donors (Lipinski definition) is 1. The molecule has 0 saturated heterocycles. The van der Waals surface area contributed by atoms with Crippen LogP contribution in [0.3, 0.4) is 0 Å². The van der Waals surface area contributed by atoms with Crippen LogP contribution in [0.25, 0.3) is 5.78 Å². The summed E-state index contributed by atoms with van der Waals surface area (Å²) in [4.78, 5) is 8.53. The number of aliphatic hydroxyl groups is 1. The molecule has 84 valence electrons. The normalized spacial score (nSPS) is 18.2. The third kappa shape index (κ3) is 1.39. The fourth-order valence-corrected chi connectivity index (χ4v) is 1.69. The first-order valence-corrected chi connectivity index (χ1v) is 5.54. The molecule has 2 aromatic rings. The first-order chi connectivity index (χ1) is 7.58. The largest absolute Gasteiger partial charge is 0.385 e. The molecule has 1 fully saturated rings. The molecule has 5 nitrogen and oxygen atoms in total. The van der Waals surface area contributed by atoms with Gasteiger partial charge in [-0.25, -0.2) is 9.50 Å². The molecule has 16 heavy (non-hydrogen) atoms. The monoisotopic (exact) mass is 218 g/mol. The van der Waals surface area contributed by atoms with Crippen molar-refractivity contribution in [2.45, 2.75) is 38.2 Å². The first-order valence-electron chi connectivity index (χ1n) is 5.54. The van der Waals surface area contributed by atoms with Crippen LogP contribution >= 0.6 is 0 Å². The highest BCUT2D eigenvalue weighted by molar-refractivity contribution is 5.32. The highest BCUT2D eigenvalue weighted by Crippen LogP contribution is 2.44. The minimum absolute atomic E-state index is 0.286. The molecule has 1 aliphatic rings. The van der Waals surface area contributed by atoms with E-state index in [1.807, 2.05) is 20.0 Å². The van der Waals surface area contributed by atoms with Gasteiger partial charge in [0.15, 0.2) is 5.82 Å². The van der Waals surface area contributed by atoms with Crippen LogP contribution in [-0.2, 0) is 5.60 Å². The van der Waals surface area contributed by atoms with Crippen molar-refractivity contribution in [3.8, 4) is 0 Å². The number of hydrogen-bond acceptors (Lipinski definition) is 4. The second kappa shape index (κ2) is 3.01. The summed E-state index contributed by atoms with van der Waals surface area (Å²) < 4.78 is 1.65. The Hall–Kier alpha value is -1.49. The van der Waals surface area contributed by atoms with E-state index in [0.717, 1.165) is 24.2 Å². The Balaban J connectivity index is 2.10. The average molecular weight is 218 g/mol. The van der Waals surface area contributed by atoms with Crippen molar-refractivity contribution in [3.63, 3.8) is 0 Å². The van der Waals surface area contributed by atoms with E-state index in [0.29, 0.717) is 5.78 Å². The molecule has 2 aromatic heterocycles. The molecule has 0 aliphatic heterocycles. The Morgan fingerprint density at radius 1 is 1.44 bits per heavy atom. The van der Waals surface area contributed by atoms with Crippen molar-refractivity contribution in [3.05, 3.63) is 23.8 Å². The molecular weight excluding hydrogens is 204 g/mol. The van der Waals surface area contributed by atoms with Gasteiger partial charge in [0.25, 0.3) is 5.78 Å². The fraction of sp³-hybridized carbons (Fsp3) is 0.545. The molecule has 0 unspecified atom stereocenters. The van der Waals surface area contributed by atoms with Crippen molar-refractivity contribution >= 4 is 5.78 Å². The van der Waals surface area contributed by atoms with Gasteiger partial charge in [-0.2, -0.15) is 4.98 Å². The van der Waals surface area contributed by atoms with Gasteiger partial charge in [0.05, 0.1) is 5.60 Å². The summed E-state index contributed by atoms with van der Waals surface area (Å²) in [6, 6.07) is 0. The molecule has 0 atom stereocenters. The van der Waals surface area contributed by atoms with Crippen LogP contribution in [0.1, 0.15) is 44.0 Å². The molecule has 0 spiro atoms. The topological polar surface area (TPSA) is 63.3 Å². The van der Waals surface area contributed by atoms with E-state index in [-0.39, 0.29) is 5.92 Å². The molecule has 0 aromatic carbocycles. The van der Waals surface area contributed by atoms with E-state index in [2.05, 4.69) is 15.1 Å². The average Bonchev–Trinajstić information content (AvgIpc) is 2.86. The Morgan fingerprint density at radius 3 is 2.81 bits per heavy atom. The van der Waals surface area contributed by atoms with Crippen LogP contribution in [0.2, 0.25) is 0 Å². The van der Waals surface area contributed by atoms with Gasteiger partial charge in [-0.05, 0) is 12.8 Å². The van der Waals surface area contributed by atoms with Crippen LogP contribution in [0.4, 0.5) is 0 Å². The van der Waals surface area contributed by atoms with Crippen LogP contribution in [0.15, 0.2) is 12.4 Å². The molecule has 0 amide bonds. The van der Waals surface area contributed by atoms with Crippen LogP contribution in [0.5, 0.6) is 0 Å². The van der Waals surface area contributed by atoms with E-state index >= 15 is 0 Å². The molecular formula is C11H14N4O. The van der Waals surface area contributed by atoms with Crippen LogP contribution in [0, 0.1) is 0 Å². The highest BCUT2D eigenvalue weighted by atomic mass is 16.3. The van der Waals surface area contributed by atoms with E-state index in [9.17, 15) is 5.11 Å². The Morgan fingerprint density at radius 2 is 2.19 bits per heavy atom. The van der Waals surface area contributed by atoms with E-state index in [1.165, 1.54) is 0 Å². The zero-order chi connectivity index (χ0) is 11.3. The Kier molecular flexibility index (Phi) is 1.83. The van der Waals surface area contributed by atoms with Gasteiger partial charge < -0.3 is 5.11 Å². The summed E-state index contributed by atoms with van der Waals surface area (Å²) in [5.74, 6) is 1.67. The third-order valence-corrected chi connectivity index (χ3v) is 2.99. The number of aromatic nitrogens is 4. The SMILES string of the molecule is CC(C)c1nc2ncc(C3(O)CC3)cn2n1. The fourth-order valence-electron chi connectivity index (χ4n) is 1.69. The molecule has 2 heterocycles. The molecule has 0 radical (unpaired) electrons. The number of nitrogens with zero attached hydrogens (tertiary/aromatic N) is 4. The highest BCUT2D eigenvalue weighted by Gasteiger charge is 2.42. The van der Waals surface area contributed by atoms with Gasteiger partial charge in [0, 0.05) is 23.9 Å². The molecule has 0 bridgehead atoms. The van der Waals surface area contributed by atoms with Crippen molar-refractivity contribution in [2.75, 3.05) is 0 Å². The first kappa shape index (κ1) is 9.72. The zero-order valence-electron chi connectivity index (χ0n) is 9.38. The molecule has 1 aliphatic carbocycles. The Bertz CT molecular complexity index is 542. The molecule has 5 heteroatoms. The summed E-state index contributed by atoms with van der Waals surface area (Å²) in [5.41, 5.74) is 0.172. The second-order valence-electron chi connectivity index (χ2n) is 4.74. The Labute approximate surface area is 93.2 Å². The van der Waals surface area contributed by atoms with Crippen LogP contribution < -0.4 is 0 Å². The molecule has 3 rings (SSSR count). The van der Waals surface area contributed by atoms with E-state index < -0.39 is 5.60 Å². The zero-order valence-corrected chi connectivity index (χ0v) is 9.38. The summed E-state index contributed by atoms with van der Waals surface area (Å²) in [6.45, 7) is 4.09. The van der Waals surface area contributed by atoms with E-state index in [1.54, 1.807) is 10.7 Å². The number of fused-ring (bicyclic) bond motifs is 1. The van der Waals surface area contributed by atoms with Crippen molar-refractivity contribution in [1.29, 1.82) is 0 Å². The third-order valence-electron chi connectivity index (χ3n) is 2.99. The molecule has 1 saturated carbocycles. The number of rotatable bonds is 2. The van der Waals surface area contributed by atoms with Crippen molar-refractivity contribution in [2.24, 2.45) is 0 Å². The lowest BCUT2D eigenvalue weighted by molar-refractivity contribution is 0.150. The predicted octanol–water partition coefficient (Wildman–Crippen LogP) is 1.23. The van der Waals surface area contributed by atoms with Crippen molar-refractivity contribution in [1.82, 2.24) is 19.6 Å². The van der Waals surface area contributed by atoms with Gasteiger partial charge >= 0.3 is 0 Å². The lowest BCUT2D eigenvalue weighted by Crippen LogP contribution is -2.07. The van der Waals surface area contributed by atoms with Gasteiger partial charge in [-0.15, -0.1) is 5.10 Å². The summed E-state index contributed by atoms with van der Waals surface area (Å²) >= 11 is 0. The maximum Gasteiger partial charge on any atom is 0.252 e. The lowest BCUT2D eigenvalue weighted by Gasteiger charge is -2.05. The second-order valence-corrected chi connectivity index (χ2v) is 4.74. The maximum atomic E-state index is 9.97. The summed E-state index contributed by atoms with van der Waals surface area (Å²) in [6.07, 6.45) is 5.15. The van der Waals surface area contributed by atoms with E-state index in [4.69, 9.17) is 0 Å². The quantitative estimate of drug-likeness (QED) is 0.823. The van der Waals surface area contributed by atoms with Crippen molar-refractivity contribution < 1.29 is 5.11 Å². The van der Waals surface area contributed by atoms with Gasteiger partial charge in [0.2, 0.25) is 0 Å². The maximum absolute atomic E-state index is 9.97. The van der Waals surface area contributed by atoms with Gasteiger partial charge in [0.1, 0.15) is 0 Å².